The fraction of sp³-hybridized carbons (Fsp3) is 0.250. The van der Waals surface area contributed by atoms with Gasteiger partial charge in [-0.2, -0.15) is 13.2 Å². The highest BCUT2D eigenvalue weighted by Crippen LogP contribution is 2.20. The summed E-state index contributed by atoms with van der Waals surface area (Å²) in [5, 5.41) is 8.23. The molecule has 1 N–H and O–H groups in total. The molecular formula is C8H6F3NOS. The molecule has 0 aromatic carbocycles. The minimum absolute atomic E-state index is 0.249. The van der Waals surface area contributed by atoms with Gasteiger partial charge in [-0.05, 0) is 11.4 Å². The van der Waals surface area contributed by atoms with Crippen LogP contribution in [0.25, 0.3) is 0 Å². The van der Waals surface area contributed by atoms with Crippen LogP contribution in [0.1, 0.15) is 16.1 Å². The van der Waals surface area contributed by atoms with E-state index in [1.54, 1.807) is 11.4 Å². The Morgan fingerprint density at radius 1 is 1.50 bits per heavy atom. The molecule has 0 aliphatic rings. The fourth-order valence-electron chi connectivity index (χ4n) is 0.785. The summed E-state index contributed by atoms with van der Waals surface area (Å²) < 4.78 is 35.6. The van der Waals surface area contributed by atoms with E-state index in [0.29, 0.717) is 0 Å². The zero-order chi connectivity index (χ0) is 10.8. The van der Waals surface area contributed by atoms with Crippen molar-refractivity contribution in [2.75, 3.05) is 0 Å². The smallest absolute Gasteiger partial charge is 0.300 e. The van der Waals surface area contributed by atoms with Crippen LogP contribution in [0.4, 0.5) is 13.2 Å². The fourth-order valence-corrected chi connectivity index (χ4v) is 1.45. The Bertz CT molecular complexity index is 342. The van der Waals surface area contributed by atoms with Gasteiger partial charge in [-0.3, -0.25) is 4.79 Å². The third kappa shape index (κ3) is 2.66. The number of nitrogens with one attached hydrogen (secondary N) is 1. The number of rotatable bonds is 3. The number of hydrogen-bond acceptors (Lipinski definition) is 3. The molecule has 0 aliphatic carbocycles. The van der Waals surface area contributed by atoms with Gasteiger partial charge in [-0.1, -0.05) is 6.07 Å². The molecule has 1 rings (SSSR count). The van der Waals surface area contributed by atoms with Crippen molar-refractivity contribution in [1.82, 2.24) is 0 Å². The van der Waals surface area contributed by atoms with Crippen molar-refractivity contribution in [3.63, 3.8) is 0 Å². The van der Waals surface area contributed by atoms with Crippen LogP contribution in [-0.2, 0) is 0 Å². The molecule has 0 saturated carbocycles. The van der Waals surface area contributed by atoms with Crippen LogP contribution in [0, 0.1) is 5.41 Å². The Kier molecular flexibility index (Phi) is 3.05. The summed E-state index contributed by atoms with van der Waals surface area (Å²) in [4.78, 5) is 11.4. The molecule has 0 fully saturated rings. The zero-order valence-corrected chi connectivity index (χ0v) is 7.71. The number of carbonyl (C=O) groups is 1. The van der Waals surface area contributed by atoms with Gasteiger partial charge in [-0.25, -0.2) is 0 Å². The van der Waals surface area contributed by atoms with Crippen molar-refractivity contribution in [1.29, 1.82) is 5.41 Å². The highest BCUT2D eigenvalue weighted by molar-refractivity contribution is 7.12. The molecule has 1 heterocycles. The lowest BCUT2D eigenvalue weighted by molar-refractivity contribution is -0.0609. The molecule has 0 unspecified atom stereocenters. The van der Waals surface area contributed by atoms with Crippen molar-refractivity contribution in [2.24, 2.45) is 0 Å². The molecule has 6 heteroatoms. The van der Waals surface area contributed by atoms with Crippen molar-refractivity contribution in [2.45, 2.75) is 12.6 Å². The van der Waals surface area contributed by atoms with Gasteiger partial charge < -0.3 is 5.41 Å². The molecule has 0 radical (unpaired) electrons. The Hall–Kier alpha value is -1.17. The van der Waals surface area contributed by atoms with E-state index in [1.807, 2.05) is 0 Å². The van der Waals surface area contributed by atoms with E-state index < -0.39 is 24.1 Å². The predicted octanol–water partition coefficient (Wildman–Crippen LogP) is 2.90. The molecule has 0 spiro atoms. The highest BCUT2D eigenvalue weighted by atomic mass is 32.1. The molecule has 2 nitrogen and oxygen atoms in total. The minimum Gasteiger partial charge on any atom is -0.300 e. The number of thiophene rings is 1. The topological polar surface area (TPSA) is 40.9 Å². The zero-order valence-electron chi connectivity index (χ0n) is 6.89. The molecule has 14 heavy (non-hydrogen) atoms. The molecular weight excluding hydrogens is 215 g/mol. The second-order valence-corrected chi connectivity index (χ2v) is 3.50. The maximum absolute atomic E-state index is 11.9. The molecule has 0 amide bonds. The van der Waals surface area contributed by atoms with E-state index in [0.717, 1.165) is 11.3 Å². The maximum atomic E-state index is 11.9. The first-order valence-electron chi connectivity index (χ1n) is 3.62. The normalized spacial score (nSPS) is 11.4. The summed E-state index contributed by atoms with van der Waals surface area (Å²) in [7, 11) is 0. The van der Waals surface area contributed by atoms with E-state index in [4.69, 9.17) is 5.41 Å². The van der Waals surface area contributed by atoms with Gasteiger partial charge in [0, 0.05) is 0 Å². The summed E-state index contributed by atoms with van der Waals surface area (Å²) in [6.07, 6.45) is -5.59. The number of halogens is 3. The second-order valence-electron chi connectivity index (χ2n) is 2.55. The number of carbonyl (C=O) groups excluding carboxylic acids is 1. The van der Waals surface area contributed by atoms with Crippen LogP contribution < -0.4 is 0 Å². The standard InChI is InChI=1S/C8H6F3NOS/c9-8(10,11)7(12)4-5(13)6-2-1-3-14-6/h1-3,12H,4H2. The van der Waals surface area contributed by atoms with Crippen molar-refractivity contribution in [3.8, 4) is 0 Å². The summed E-state index contributed by atoms with van der Waals surface area (Å²) in [5.41, 5.74) is -1.50. The molecule has 76 valence electrons. The highest BCUT2D eigenvalue weighted by Gasteiger charge is 2.35. The van der Waals surface area contributed by atoms with E-state index in [1.165, 1.54) is 6.07 Å². The number of ketones is 1. The Labute approximate surface area is 81.9 Å². The molecule has 0 saturated heterocycles. The maximum Gasteiger partial charge on any atom is 0.429 e. The lowest BCUT2D eigenvalue weighted by atomic mass is 10.1. The van der Waals surface area contributed by atoms with Crippen LogP contribution in [0.15, 0.2) is 17.5 Å². The SMILES string of the molecule is N=C(CC(=O)c1cccs1)C(F)(F)F. The van der Waals surface area contributed by atoms with E-state index in [2.05, 4.69) is 0 Å². The molecule has 0 atom stereocenters. The van der Waals surface area contributed by atoms with Crippen molar-refractivity contribution < 1.29 is 18.0 Å². The number of hydrogen-bond donors (Lipinski definition) is 1. The third-order valence-corrected chi connectivity index (χ3v) is 2.39. The van der Waals surface area contributed by atoms with Gasteiger partial charge in [-0.15, -0.1) is 11.3 Å². The van der Waals surface area contributed by atoms with Crippen LogP contribution in [0.5, 0.6) is 0 Å². The number of Topliss-reactive ketones (excluding diaryl/α,β-unsaturated/α-hetero) is 1. The van der Waals surface area contributed by atoms with Gasteiger partial charge in [0.1, 0.15) is 5.71 Å². The summed E-state index contributed by atoms with van der Waals surface area (Å²) in [6, 6.07) is 3.02. The lowest BCUT2D eigenvalue weighted by Gasteiger charge is -2.05. The van der Waals surface area contributed by atoms with Crippen LogP contribution >= 0.6 is 11.3 Å². The van der Waals surface area contributed by atoms with Gasteiger partial charge in [0.25, 0.3) is 0 Å². The van der Waals surface area contributed by atoms with E-state index in [-0.39, 0.29) is 4.88 Å². The van der Waals surface area contributed by atoms with Gasteiger partial charge in [0.05, 0.1) is 11.3 Å². The number of alkyl halides is 3. The van der Waals surface area contributed by atoms with Crippen LogP contribution in [-0.4, -0.2) is 17.7 Å². The second kappa shape index (κ2) is 3.91. The van der Waals surface area contributed by atoms with Crippen LogP contribution in [0.2, 0.25) is 0 Å². The average molecular weight is 221 g/mol. The predicted molar refractivity (Wildman–Crippen MR) is 47.0 cm³/mol. The molecule has 0 aliphatic heterocycles. The third-order valence-electron chi connectivity index (χ3n) is 1.48. The molecule has 1 aromatic rings. The first kappa shape index (κ1) is 10.9. The van der Waals surface area contributed by atoms with E-state index >= 15 is 0 Å². The quantitative estimate of drug-likeness (QED) is 0.618. The Balaban J connectivity index is 2.63. The monoisotopic (exact) mass is 221 g/mol. The van der Waals surface area contributed by atoms with Crippen molar-refractivity contribution >= 4 is 22.8 Å². The summed E-state index contributed by atoms with van der Waals surface area (Å²) >= 11 is 1.07. The van der Waals surface area contributed by atoms with Crippen LogP contribution in [0.3, 0.4) is 0 Å². The lowest BCUT2D eigenvalue weighted by Crippen LogP contribution is -2.24. The van der Waals surface area contributed by atoms with Gasteiger partial charge in [0.2, 0.25) is 0 Å². The van der Waals surface area contributed by atoms with Gasteiger partial charge in [0.15, 0.2) is 5.78 Å². The first-order chi connectivity index (χ1) is 6.41. The first-order valence-corrected chi connectivity index (χ1v) is 4.50. The summed E-state index contributed by atoms with van der Waals surface area (Å²) in [6.45, 7) is 0. The molecule has 1 aromatic heterocycles. The van der Waals surface area contributed by atoms with Crippen molar-refractivity contribution in [3.05, 3.63) is 22.4 Å². The largest absolute Gasteiger partial charge is 0.429 e. The average Bonchev–Trinajstić information content (AvgIpc) is 2.53. The Morgan fingerprint density at radius 3 is 2.57 bits per heavy atom. The van der Waals surface area contributed by atoms with Gasteiger partial charge >= 0.3 is 6.18 Å². The summed E-state index contributed by atoms with van der Waals surface area (Å²) in [5.74, 6) is -0.665. The minimum atomic E-state index is -4.70. The Morgan fingerprint density at radius 2 is 2.14 bits per heavy atom. The van der Waals surface area contributed by atoms with E-state index in [9.17, 15) is 18.0 Å². The molecule has 0 bridgehead atoms.